The van der Waals surface area contributed by atoms with Gasteiger partial charge in [0.1, 0.15) is 5.82 Å². The van der Waals surface area contributed by atoms with E-state index < -0.39 is 0 Å². The van der Waals surface area contributed by atoms with Gasteiger partial charge >= 0.3 is 0 Å². The van der Waals surface area contributed by atoms with Crippen molar-refractivity contribution in [3.63, 3.8) is 0 Å². The van der Waals surface area contributed by atoms with Crippen LogP contribution in [0.15, 0.2) is 97.3 Å². The minimum Gasteiger partial charge on any atom is -0.383 e. The van der Waals surface area contributed by atoms with Crippen LogP contribution in [0.3, 0.4) is 0 Å². The molecule has 0 bridgehead atoms. The summed E-state index contributed by atoms with van der Waals surface area (Å²) in [7, 11) is 0. The number of carbonyl (C=O) groups excluding carboxylic acids is 1. The number of nitrogens with one attached hydrogen (secondary N) is 1. The number of hydrogen-bond donors (Lipinski definition) is 2. The van der Waals surface area contributed by atoms with Crippen LogP contribution in [0.1, 0.15) is 10.4 Å². The Morgan fingerprint density at radius 3 is 2.39 bits per heavy atom. The minimum atomic E-state index is -0.174. The lowest BCUT2D eigenvalue weighted by Crippen LogP contribution is -2.36. The smallest absolute Gasteiger partial charge is 0.255 e. The second-order valence-electron chi connectivity index (χ2n) is 9.26. The van der Waals surface area contributed by atoms with Crippen molar-refractivity contribution < 1.29 is 9.53 Å². The molecule has 188 valence electrons. The van der Waals surface area contributed by atoms with E-state index in [1.54, 1.807) is 24.5 Å². The molecule has 0 radical (unpaired) electrons. The zero-order valence-corrected chi connectivity index (χ0v) is 20.8. The molecule has 7 heteroatoms. The van der Waals surface area contributed by atoms with Crippen LogP contribution in [0.5, 0.6) is 0 Å². The molecule has 5 aromatic rings. The van der Waals surface area contributed by atoms with E-state index in [0.29, 0.717) is 17.1 Å². The predicted molar refractivity (Wildman–Crippen MR) is 152 cm³/mol. The van der Waals surface area contributed by atoms with E-state index in [4.69, 9.17) is 10.5 Å². The number of amides is 1. The fourth-order valence-corrected chi connectivity index (χ4v) is 4.73. The van der Waals surface area contributed by atoms with Crippen molar-refractivity contribution in [1.29, 1.82) is 0 Å². The van der Waals surface area contributed by atoms with Crippen LogP contribution in [0, 0.1) is 0 Å². The Morgan fingerprint density at radius 1 is 0.842 bits per heavy atom. The number of anilines is 3. The zero-order valence-electron chi connectivity index (χ0n) is 20.8. The molecule has 3 heterocycles. The molecule has 7 nitrogen and oxygen atoms in total. The first kappa shape index (κ1) is 23.6. The number of nitrogens with two attached hydrogens (primary N) is 1. The van der Waals surface area contributed by atoms with Gasteiger partial charge in [0, 0.05) is 47.1 Å². The van der Waals surface area contributed by atoms with Crippen molar-refractivity contribution in [3.05, 3.63) is 103 Å². The van der Waals surface area contributed by atoms with Gasteiger partial charge < -0.3 is 20.7 Å². The molecular formula is C31H27N5O2. The Morgan fingerprint density at radius 2 is 1.61 bits per heavy atom. The van der Waals surface area contributed by atoms with Crippen LogP contribution in [-0.2, 0) is 4.74 Å². The molecule has 2 aromatic heterocycles. The standard InChI is InChI=1S/C31H27N5O2/c32-30-28(21-6-9-27(10-7-21)36-12-14-38-15-13-36)18-24-16-23(8-11-29(24)35-30)25-17-26(20-33-19-25)34-31(37)22-4-2-1-3-5-22/h1-11,16-20H,12-15H2,(H2,32,35)(H,34,37). The van der Waals surface area contributed by atoms with Crippen molar-refractivity contribution >= 4 is 34.0 Å². The van der Waals surface area contributed by atoms with E-state index in [1.165, 1.54) is 5.69 Å². The summed E-state index contributed by atoms with van der Waals surface area (Å²) in [5.74, 6) is 0.323. The van der Waals surface area contributed by atoms with Gasteiger partial charge in [0.25, 0.3) is 5.91 Å². The summed E-state index contributed by atoms with van der Waals surface area (Å²) in [6.45, 7) is 3.30. The predicted octanol–water partition coefficient (Wildman–Crippen LogP) is 5.63. The van der Waals surface area contributed by atoms with Crippen molar-refractivity contribution in [2.45, 2.75) is 0 Å². The number of hydrogen-bond acceptors (Lipinski definition) is 6. The molecule has 0 aliphatic carbocycles. The van der Waals surface area contributed by atoms with Gasteiger partial charge in [-0.3, -0.25) is 9.78 Å². The molecule has 3 N–H and O–H groups in total. The number of nitrogen functional groups attached to an aromatic ring is 1. The molecule has 0 unspecified atom stereocenters. The zero-order chi connectivity index (χ0) is 25.9. The lowest BCUT2D eigenvalue weighted by atomic mass is 10.0. The number of ether oxygens (including phenoxy) is 1. The normalized spacial score (nSPS) is 13.4. The van der Waals surface area contributed by atoms with Gasteiger partial charge in [-0.25, -0.2) is 4.98 Å². The van der Waals surface area contributed by atoms with Gasteiger partial charge in [-0.15, -0.1) is 0 Å². The van der Waals surface area contributed by atoms with Crippen LogP contribution in [0.4, 0.5) is 17.2 Å². The van der Waals surface area contributed by atoms with E-state index in [0.717, 1.165) is 59.5 Å². The van der Waals surface area contributed by atoms with Gasteiger partial charge in [-0.2, -0.15) is 0 Å². The summed E-state index contributed by atoms with van der Waals surface area (Å²) >= 11 is 0. The van der Waals surface area contributed by atoms with Gasteiger partial charge in [0.15, 0.2) is 0 Å². The molecule has 38 heavy (non-hydrogen) atoms. The topological polar surface area (TPSA) is 93.4 Å². The molecule has 1 aliphatic rings. The lowest BCUT2D eigenvalue weighted by molar-refractivity contribution is 0.102. The van der Waals surface area contributed by atoms with E-state index in [9.17, 15) is 4.79 Å². The number of pyridine rings is 2. The average molecular weight is 502 g/mol. The molecule has 0 atom stereocenters. The highest BCUT2D eigenvalue weighted by atomic mass is 16.5. The van der Waals surface area contributed by atoms with Gasteiger partial charge in [0.2, 0.25) is 0 Å². The molecule has 1 amide bonds. The monoisotopic (exact) mass is 501 g/mol. The molecule has 3 aromatic carbocycles. The van der Waals surface area contributed by atoms with Crippen LogP contribution < -0.4 is 16.0 Å². The van der Waals surface area contributed by atoms with Crippen LogP contribution in [0.2, 0.25) is 0 Å². The van der Waals surface area contributed by atoms with Crippen molar-refractivity contribution in [1.82, 2.24) is 9.97 Å². The minimum absolute atomic E-state index is 0.174. The molecular weight excluding hydrogens is 474 g/mol. The summed E-state index contributed by atoms with van der Waals surface area (Å²) in [6.07, 6.45) is 3.43. The molecule has 0 spiro atoms. The Balaban J connectivity index is 1.28. The first-order valence-corrected chi connectivity index (χ1v) is 12.6. The third-order valence-electron chi connectivity index (χ3n) is 6.76. The second kappa shape index (κ2) is 10.3. The maximum absolute atomic E-state index is 12.6. The Hall–Kier alpha value is -4.75. The third-order valence-corrected chi connectivity index (χ3v) is 6.76. The maximum atomic E-state index is 12.6. The van der Waals surface area contributed by atoms with E-state index in [2.05, 4.69) is 56.6 Å². The molecule has 0 saturated carbocycles. The Kier molecular flexibility index (Phi) is 6.42. The highest BCUT2D eigenvalue weighted by molar-refractivity contribution is 6.04. The van der Waals surface area contributed by atoms with Crippen LogP contribution in [-0.4, -0.2) is 42.2 Å². The number of morpholine rings is 1. The van der Waals surface area contributed by atoms with E-state index >= 15 is 0 Å². The number of rotatable bonds is 5. The summed E-state index contributed by atoms with van der Waals surface area (Å²) < 4.78 is 5.47. The van der Waals surface area contributed by atoms with Gasteiger partial charge in [-0.1, -0.05) is 36.4 Å². The molecule has 1 fully saturated rings. The number of aromatic nitrogens is 2. The van der Waals surface area contributed by atoms with Gasteiger partial charge in [0.05, 0.1) is 30.6 Å². The Labute approximate surface area is 220 Å². The summed E-state index contributed by atoms with van der Waals surface area (Å²) in [4.78, 5) is 23.9. The number of fused-ring (bicyclic) bond motifs is 1. The molecule has 1 aliphatic heterocycles. The third kappa shape index (κ3) is 4.92. The van der Waals surface area contributed by atoms with E-state index in [1.807, 2.05) is 36.4 Å². The van der Waals surface area contributed by atoms with E-state index in [-0.39, 0.29) is 5.91 Å². The molecule has 1 saturated heterocycles. The maximum Gasteiger partial charge on any atom is 0.255 e. The van der Waals surface area contributed by atoms with Gasteiger partial charge in [-0.05, 0) is 59.7 Å². The fourth-order valence-electron chi connectivity index (χ4n) is 4.73. The number of nitrogens with zero attached hydrogens (tertiary/aromatic N) is 3. The van der Waals surface area contributed by atoms with Crippen LogP contribution in [0.25, 0.3) is 33.2 Å². The number of benzene rings is 3. The average Bonchev–Trinajstić information content (AvgIpc) is 2.98. The fraction of sp³-hybridized carbons (Fsp3) is 0.129. The molecule has 6 rings (SSSR count). The number of carbonyl (C=O) groups is 1. The summed E-state index contributed by atoms with van der Waals surface area (Å²) in [5, 5.41) is 3.91. The van der Waals surface area contributed by atoms with Crippen molar-refractivity contribution in [3.8, 4) is 22.3 Å². The highest BCUT2D eigenvalue weighted by Gasteiger charge is 2.13. The highest BCUT2D eigenvalue weighted by Crippen LogP contribution is 2.32. The lowest BCUT2D eigenvalue weighted by Gasteiger charge is -2.29. The quantitative estimate of drug-likeness (QED) is 0.324. The summed E-state index contributed by atoms with van der Waals surface area (Å²) in [5.41, 5.74) is 13.4. The van der Waals surface area contributed by atoms with Crippen molar-refractivity contribution in [2.75, 3.05) is 42.3 Å². The van der Waals surface area contributed by atoms with Crippen molar-refractivity contribution in [2.24, 2.45) is 0 Å². The van der Waals surface area contributed by atoms with Crippen LogP contribution >= 0.6 is 0 Å². The first-order valence-electron chi connectivity index (χ1n) is 12.6. The SMILES string of the molecule is Nc1nc2ccc(-c3cncc(NC(=O)c4ccccc4)c3)cc2cc1-c1ccc(N2CCOCC2)cc1. The summed E-state index contributed by atoms with van der Waals surface area (Å²) in [6, 6.07) is 27.6. The first-order chi connectivity index (χ1) is 18.6. The Bertz CT molecular complexity index is 1600. The second-order valence-corrected chi connectivity index (χ2v) is 9.26. The largest absolute Gasteiger partial charge is 0.383 e.